The average molecular weight is 397 g/mol. The van der Waals surface area contributed by atoms with E-state index in [1.807, 2.05) is 0 Å². The van der Waals surface area contributed by atoms with E-state index < -0.39 is 40.7 Å². The third kappa shape index (κ3) is 4.78. The second-order valence-corrected chi connectivity index (χ2v) is 7.02. The van der Waals surface area contributed by atoms with E-state index in [1.165, 1.54) is 13.8 Å². The van der Waals surface area contributed by atoms with Gasteiger partial charge in [-0.2, -0.15) is 0 Å². The van der Waals surface area contributed by atoms with E-state index in [0.29, 0.717) is 13.2 Å². The fourth-order valence-corrected chi connectivity index (χ4v) is 2.83. The Hall–Kier alpha value is -2.68. The molecule has 0 spiro atoms. The summed E-state index contributed by atoms with van der Waals surface area (Å²) in [5.74, 6) is -5.25. The number of ether oxygens (including phenoxy) is 4. The fraction of sp³-hybridized carbons (Fsp3) is 0.474. The molecule has 9 heteroatoms. The molecule has 0 aliphatic carbocycles. The van der Waals surface area contributed by atoms with Crippen LogP contribution in [0.1, 0.15) is 26.7 Å². The minimum atomic E-state index is -1.37. The zero-order valence-corrected chi connectivity index (χ0v) is 15.6. The van der Waals surface area contributed by atoms with Gasteiger partial charge in [0.15, 0.2) is 23.0 Å². The first kappa shape index (κ1) is 20.1. The number of hydrogen-bond acceptors (Lipinski definition) is 7. The molecule has 0 radical (unpaired) electrons. The van der Waals surface area contributed by atoms with Gasteiger partial charge in [0.1, 0.15) is 0 Å². The van der Waals surface area contributed by atoms with Crippen molar-refractivity contribution in [3.05, 3.63) is 35.5 Å². The van der Waals surface area contributed by atoms with Gasteiger partial charge in [0.05, 0.1) is 6.61 Å². The number of rotatable bonds is 5. The van der Waals surface area contributed by atoms with E-state index in [2.05, 4.69) is 5.32 Å². The summed E-state index contributed by atoms with van der Waals surface area (Å²) in [4.78, 5) is 23.7. The van der Waals surface area contributed by atoms with Crippen LogP contribution in [-0.2, 0) is 23.8 Å². The maximum absolute atomic E-state index is 14.3. The number of nitrogens with one attached hydrogen (secondary N) is 1. The third-order valence-corrected chi connectivity index (χ3v) is 4.30. The van der Waals surface area contributed by atoms with Gasteiger partial charge in [0, 0.05) is 51.1 Å². The molecule has 2 aliphatic heterocycles. The summed E-state index contributed by atoms with van der Waals surface area (Å²) in [5.41, 5.74) is -0.425. The molecule has 2 saturated heterocycles. The first-order valence-electron chi connectivity index (χ1n) is 8.88. The van der Waals surface area contributed by atoms with E-state index in [1.54, 1.807) is 0 Å². The Kier molecular flexibility index (Phi) is 5.83. The zero-order chi connectivity index (χ0) is 20.3. The van der Waals surface area contributed by atoms with Crippen LogP contribution in [0.5, 0.6) is 5.75 Å². The number of halogens is 2. The van der Waals surface area contributed by atoms with Crippen LogP contribution in [-0.4, -0.2) is 37.5 Å². The summed E-state index contributed by atoms with van der Waals surface area (Å²) in [6.45, 7) is 4.24. The van der Waals surface area contributed by atoms with Crippen molar-refractivity contribution in [3.8, 4) is 5.75 Å². The second-order valence-electron chi connectivity index (χ2n) is 7.02. The molecule has 1 N–H and O–H groups in total. The zero-order valence-electron chi connectivity index (χ0n) is 15.6. The summed E-state index contributed by atoms with van der Waals surface area (Å²) >= 11 is 0. The van der Waals surface area contributed by atoms with Crippen molar-refractivity contribution in [1.82, 2.24) is 0 Å². The van der Waals surface area contributed by atoms with E-state index in [0.717, 1.165) is 31.2 Å². The van der Waals surface area contributed by atoms with Crippen molar-refractivity contribution in [2.75, 3.05) is 25.1 Å². The van der Waals surface area contributed by atoms with Gasteiger partial charge in [-0.3, -0.25) is 0 Å². The Bertz CT molecular complexity index is 757. The smallest absolute Gasteiger partial charge is 0.350 e. The van der Waals surface area contributed by atoms with E-state index >= 15 is 0 Å². The third-order valence-electron chi connectivity index (χ3n) is 4.30. The standard InChI is InChI=1S/C19H21F2NO6/c1-19(2)27-17(23)13(18(24)28-19)9-22-12-7-14(20)16(15(21)8-12)26-10-11-3-5-25-6-4-11/h7-9,11,22H,3-6,10H2,1-2H3. The first-order chi connectivity index (χ1) is 13.2. The van der Waals surface area contributed by atoms with E-state index in [-0.39, 0.29) is 18.2 Å². The fourth-order valence-electron chi connectivity index (χ4n) is 2.83. The van der Waals surface area contributed by atoms with Crippen molar-refractivity contribution >= 4 is 17.6 Å². The Balaban J connectivity index is 1.67. The summed E-state index contributed by atoms with van der Waals surface area (Å²) in [5, 5.41) is 2.50. The lowest BCUT2D eigenvalue weighted by Crippen LogP contribution is -2.42. The van der Waals surface area contributed by atoms with Crippen molar-refractivity contribution < 1.29 is 37.3 Å². The molecule has 0 saturated carbocycles. The van der Waals surface area contributed by atoms with Crippen molar-refractivity contribution in [2.45, 2.75) is 32.5 Å². The molecule has 1 aromatic carbocycles. The quantitative estimate of drug-likeness (QED) is 0.465. The van der Waals surface area contributed by atoms with Crippen LogP contribution in [0, 0.1) is 17.6 Å². The maximum Gasteiger partial charge on any atom is 0.350 e. The molecule has 2 fully saturated rings. The predicted octanol–water partition coefficient (Wildman–Crippen LogP) is 2.90. The lowest BCUT2D eigenvalue weighted by molar-refractivity contribution is -0.222. The summed E-state index contributed by atoms with van der Waals surface area (Å²) in [7, 11) is 0. The number of carbonyl (C=O) groups is 2. The van der Waals surface area contributed by atoms with Gasteiger partial charge in [-0.1, -0.05) is 0 Å². The molecule has 0 bridgehead atoms. The highest BCUT2D eigenvalue weighted by Gasteiger charge is 2.39. The molecule has 2 aliphatic rings. The largest absolute Gasteiger partial charge is 0.487 e. The Morgan fingerprint density at radius 2 is 1.71 bits per heavy atom. The first-order valence-corrected chi connectivity index (χ1v) is 8.88. The molecule has 0 amide bonds. The van der Waals surface area contributed by atoms with Gasteiger partial charge >= 0.3 is 11.9 Å². The van der Waals surface area contributed by atoms with Crippen LogP contribution < -0.4 is 10.1 Å². The minimum Gasteiger partial charge on any atom is -0.487 e. The van der Waals surface area contributed by atoms with E-state index in [4.69, 9.17) is 18.9 Å². The normalized spacial score (nSPS) is 19.6. The van der Waals surface area contributed by atoms with Crippen molar-refractivity contribution in [3.63, 3.8) is 0 Å². The SMILES string of the molecule is CC1(C)OC(=O)C(=CNc2cc(F)c(OCC3CCOCC3)c(F)c2)C(=O)O1. The topological polar surface area (TPSA) is 83.1 Å². The van der Waals surface area contributed by atoms with Gasteiger partial charge in [-0.15, -0.1) is 0 Å². The molecule has 28 heavy (non-hydrogen) atoms. The van der Waals surface area contributed by atoms with Crippen molar-refractivity contribution in [1.29, 1.82) is 0 Å². The molecular weight excluding hydrogens is 376 g/mol. The molecule has 3 rings (SSSR count). The van der Waals surface area contributed by atoms with Crippen molar-refractivity contribution in [2.24, 2.45) is 5.92 Å². The number of benzene rings is 1. The van der Waals surface area contributed by atoms with Crippen LogP contribution in [0.2, 0.25) is 0 Å². The number of carbonyl (C=O) groups excluding carboxylic acids is 2. The number of hydrogen-bond donors (Lipinski definition) is 1. The maximum atomic E-state index is 14.3. The van der Waals surface area contributed by atoms with Crippen LogP contribution in [0.3, 0.4) is 0 Å². The van der Waals surface area contributed by atoms with Gasteiger partial charge in [-0.05, 0) is 18.8 Å². The van der Waals surface area contributed by atoms with Crippen LogP contribution >= 0.6 is 0 Å². The number of anilines is 1. The van der Waals surface area contributed by atoms with Crippen LogP contribution in [0.4, 0.5) is 14.5 Å². The van der Waals surface area contributed by atoms with Gasteiger partial charge in [0.2, 0.25) is 0 Å². The minimum absolute atomic E-state index is 0.00801. The van der Waals surface area contributed by atoms with E-state index in [9.17, 15) is 18.4 Å². The molecule has 7 nitrogen and oxygen atoms in total. The monoisotopic (exact) mass is 397 g/mol. The molecule has 152 valence electrons. The Morgan fingerprint density at radius 3 is 2.29 bits per heavy atom. The Labute approximate surface area is 160 Å². The summed E-state index contributed by atoms with van der Waals surface area (Å²) in [6, 6.07) is 2.01. The highest BCUT2D eigenvalue weighted by atomic mass is 19.1. The molecule has 0 atom stereocenters. The highest BCUT2D eigenvalue weighted by molar-refractivity contribution is 6.15. The number of cyclic esters (lactones) is 2. The Morgan fingerprint density at radius 1 is 1.14 bits per heavy atom. The predicted molar refractivity (Wildman–Crippen MR) is 93.4 cm³/mol. The lowest BCUT2D eigenvalue weighted by atomic mass is 10.0. The second kappa shape index (κ2) is 8.14. The molecule has 0 unspecified atom stereocenters. The van der Waals surface area contributed by atoms with Crippen LogP contribution in [0.15, 0.2) is 23.9 Å². The summed E-state index contributed by atoms with van der Waals surface area (Å²) in [6.07, 6.45) is 2.54. The average Bonchev–Trinajstić information content (AvgIpc) is 2.60. The number of esters is 2. The molecule has 1 aromatic rings. The van der Waals surface area contributed by atoms with Crippen LogP contribution in [0.25, 0.3) is 0 Å². The van der Waals surface area contributed by atoms with Gasteiger partial charge in [-0.25, -0.2) is 18.4 Å². The molecule has 0 aromatic heterocycles. The lowest BCUT2D eigenvalue weighted by Gasteiger charge is -2.29. The molecule has 2 heterocycles. The summed E-state index contributed by atoms with van der Waals surface area (Å²) < 4.78 is 48.9. The van der Waals surface area contributed by atoms with Gasteiger partial charge in [0.25, 0.3) is 5.79 Å². The highest BCUT2D eigenvalue weighted by Crippen LogP contribution is 2.28. The van der Waals surface area contributed by atoms with Gasteiger partial charge < -0.3 is 24.3 Å². The molecular formula is C19H21F2NO6.